The highest BCUT2D eigenvalue weighted by molar-refractivity contribution is 5.86. The second kappa shape index (κ2) is 10.6. The Kier molecular flexibility index (Phi) is 8.05. The number of fused-ring (bicyclic) bond motifs is 1. The van der Waals surface area contributed by atoms with Crippen LogP contribution in [0, 0.1) is 0 Å². The molecule has 0 saturated heterocycles. The minimum atomic E-state index is -0.940. The van der Waals surface area contributed by atoms with E-state index in [-0.39, 0.29) is 10.8 Å². The molecule has 0 saturated carbocycles. The molecular weight excluding hydrogens is 408 g/mol. The van der Waals surface area contributed by atoms with Crippen LogP contribution in [0.25, 0.3) is 17.2 Å². The fourth-order valence-corrected chi connectivity index (χ4v) is 4.80. The maximum Gasteiger partial charge on any atom is 0.328 e. The van der Waals surface area contributed by atoms with Crippen molar-refractivity contribution in [1.29, 1.82) is 0 Å². The lowest BCUT2D eigenvalue weighted by atomic mass is 9.62. The summed E-state index contributed by atoms with van der Waals surface area (Å²) in [5.41, 5.74) is 6.05. The summed E-state index contributed by atoms with van der Waals surface area (Å²) in [6, 6.07) is 12.7. The molecule has 0 radical (unpaired) electrons. The highest BCUT2D eigenvalue weighted by atomic mass is 16.5. The highest BCUT2D eigenvalue weighted by Crippen LogP contribution is 2.49. The molecule has 2 aromatic carbocycles. The molecule has 0 aromatic heterocycles. The zero-order chi connectivity index (χ0) is 24.1. The Hall–Kier alpha value is -2.55. The molecule has 0 heterocycles. The molecule has 3 rings (SSSR count). The van der Waals surface area contributed by atoms with Gasteiger partial charge in [-0.1, -0.05) is 78.5 Å². The largest absolute Gasteiger partial charge is 0.493 e. The predicted octanol–water partition coefficient (Wildman–Crippen LogP) is 8.15. The summed E-state index contributed by atoms with van der Waals surface area (Å²) in [5, 5.41) is 9.01. The first-order valence-electron chi connectivity index (χ1n) is 12.5. The van der Waals surface area contributed by atoms with Gasteiger partial charge in [-0.25, -0.2) is 4.79 Å². The number of rotatable bonds is 10. The van der Waals surface area contributed by atoms with Crippen molar-refractivity contribution in [3.05, 3.63) is 59.2 Å². The van der Waals surface area contributed by atoms with Crippen LogP contribution in [0.2, 0.25) is 0 Å². The van der Waals surface area contributed by atoms with Crippen molar-refractivity contribution < 1.29 is 14.6 Å². The Morgan fingerprint density at radius 2 is 1.64 bits per heavy atom. The lowest BCUT2D eigenvalue weighted by molar-refractivity contribution is -0.131. The van der Waals surface area contributed by atoms with Gasteiger partial charge in [0.1, 0.15) is 5.75 Å². The van der Waals surface area contributed by atoms with Gasteiger partial charge in [-0.05, 0) is 76.6 Å². The fourth-order valence-electron chi connectivity index (χ4n) is 4.80. The number of aliphatic carboxylic acids is 1. The van der Waals surface area contributed by atoms with E-state index in [1.807, 2.05) is 12.1 Å². The molecule has 3 nitrogen and oxygen atoms in total. The van der Waals surface area contributed by atoms with Crippen molar-refractivity contribution in [2.75, 3.05) is 6.61 Å². The van der Waals surface area contributed by atoms with E-state index in [0.717, 1.165) is 48.3 Å². The lowest BCUT2D eigenvalue weighted by Gasteiger charge is -2.42. The molecule has 0 aliphatic heterocycles. The van der Waals surface area contributed by atoms with Crippen molar-refractivity contribution in [2.45, 2.75) is 90.4 Å². The number of benzene rings is 2. The fraction of sp³-hybridized carbons (Fsp3) is 0.500. The molecule has 1 aliphatic rings. The van der Waals surface area contributed by atoms with E-state index in [0.29, 0.717) is 0 Å². The Morgan fingerprint density at radius 1 is 0.970 bits per heavy atom. The van der Waals surface area contributed by atoms with Gasteiger partial charge in [-0.15, -0.1) is 0 Å². The molecule has 3 heteroatoms. The van der Waals surface area contributed by atoms with Crippen LogP contribution in [0.5, 0.6) is 5.75 Å². The van der Waals surface area contributed by atoms with Gasteiger partial charge in [0, 0.05) is 11.6 Å². The van der Waals surface area contributed by atoms with E-state index in [4.69, 9.17) is 9.84 Å². The zero-order valence-electron chi connectivity index (χ0n) is 21.0. The number of hydrogen-bond acceptors (Lipinski definition) is 2. The quantitative estimate of drug-likeness (QED) is 0.295. The molecule has 0 unspecified atom stereocenters. The number of ether oxygens (including phenoxy) is 1. The van der Waals surface area contributed by atoms with E-state index in [2.05, 4.69) is 58.9 Å². The first-order valence-corrected chi connectivity index (χ1v) is 12.5. The van der Waals surface area contributed by atoms with E-state index in [1.54, 1.807) is 6.08 Å². The first-order chi connectivity index (χ1) is 15.6. The van der Waals surface area contributed by atoms with Crippen molar-refractivity contribution in [1.82, 2.24) is 0 Å². The summed E-state index contributed by atoms with van der Waals surface area (Å²) in [5.74, 6) is -0.000333. The molecule has 1 aliphatic carbocycles. The zero-order valence-corrected chi connectivity index (χ0v) is 21.0. The second-order valence-electron chi connectivity index (χ2n) is 10.7. The Bertz CT molecular complexity index is 998. The summed E-state index contributed by atoms with van der Waals surface area (Å²) in [6.45, 7) is 12.3. The van der Waals surface area contributed by atoms with Crippen LogP contribution in [0.4, 0.5) is 0 Å². The molecular formula is C30H40O3. The maximum atomic E-state index is 11.0. The van der Waals surface area contributed by atoms with Crippen LogP contribution in [0.15, 0.2) is 42.5 Å². The molecule has 0 spiro atoms. The summed E-state index contributed by atoms with van der Waals surface area (Å²) in [4.78, 5) is 11.0. The molecule has 0 amide bonds. The van der Waals surface area contributed by atoms with Gasteiger partial charge in [-0.3, -0.25) is 0 Å². The Balaban J connectivity index is 2.02. The smallest absolute Gasteiger partial charge is 0.328 e. The van der Waals surface area contributed by atoms with Crippen LogP contribution < -0.4 is 4.74 Å². The molecule has 2 aromatic rings. The first kappa shape index (κ1) is 25.1. The summed E-state index contributed by atoms with van der Waals surface area (Å²) in [6.07, 6.45) is 11.2. The number of carboxylic acid groups (broad SMARTS) is 1. The Labute approximate surface area is 199 Å². The van der Waals surface area contributed by atoms with Gasteiger partial charge in [0.25, 0.3) is 0 Å². The third-order valence-electron chi connectivity index (χ3n) is 7.07. The maximum absolute atomic E-state index is 11.0. The van der Waals surface area contributed by atoms with Gasteiger partial charge in [0.2, 0.25) is 0 Å². The minimum Gasteiger partial charge on any atom is -0.493 e. The van der Waals surface area contributed by atoms with Crippen molar-refractivity contribution in [2.24, 2.45) is 0 Å². The SMILES string of the molecule is CCCCCCCOc1cc2c(cc1-c1cccc(C=CC(=O)O)c1)C(C)(C)CCC2(C)C. The van der Waals surface area contributed by atoms with E-state index in [1.165, 1.54) is 42.9 Å². The molecule has 178 valence electrons. The van der Waals surface area contributed by atoms with Gasteiger partial charge >= 0.3 is 5.97 Å². The summed E-state index contributed by atoms with van der Waals surface area (Å²) in [7, 11) is 0. The molecule has 33 heavy (non-hydrogen) atoms. The van der Waals surface area contributed by atoms with Gasteiger partial charge < -0.3 is 9.84 Å². The standard InChI is InChI=1S/C30H40O3/c1-6-7-8-9-10-18-33-27-21-26-25(29(2,3)16-17-30(26,4)5)20-24(27)23-13-11-12-22(19-23)14-15-28(31)32/h11-15,19-21H,6-10,16-18H2,1-5H3,(H,31,32). The summed E-state index contributed by atoms with van der Waals surface area (Å²) < 4.78 is 6.43. The van der Waals surface area contributed by atoms with Gasteiger partial charge in [0.05, 0.1) is 6.61 Å². The number of carbonyl (C=O) groups is 1. The average Bonchev–Trinajstić information content (AvgIpc) is 2.78. The van der Waals surface area contributed by atoms with E-state index in [9.17, 15) is 4.79 Å². The summed E-state index contributed by atoms with van der Waals surface area (Å²) >= 11 is 0. The number of unbranched alkanes of at least 4 members (excludes halogenated alkanes) is 4. The lowest BCUT2D eigenvalue weighted by Crippen LogP contribution is -2.34. The van der Waals surface area contributed by atoms with E-state index >= 15 is 0 Å². The van der Waals surface area contributed by atoms with Crippen LogP contribution in [-0.2, 0) is 15.6 Å². The number of carboxylic acids is 1. The highest BCUT2D eigenvalue weighted by Gasteiger charge is 2.38. The molecule has 0 bridgehead atoms. The van der Waals surface area contributed by atoms with Crippen molar-refractivity contribution >= 4 is 12.0 Å². The normalized spacial score (nSPS) is 16.5. The molecule has 0 fully saturated rings. The molecule has 1 N–H and O–H groups in total. The third kappa shape index (κ3) is 6.28. The van der Waals surface area contributed by atoms with Crippen molar-refractivity contribution in [3.63, 3.8) is 0 Å². The second-order valence-corrected chi connectivity index (χ2v) is 10.7. The average molecular weight is 449 g/mol. The minimum absolute atomic E-state index is 0.110. The van der Waals surface area contributed by atoms with Gasteiger partial charge in [0.15, 0.2) is 0 Å². The number of hydrogen-bond donors (Lipinski definition) is 1. The van der Waals surface area contributed by atoms with Crippen LogP contribution in [0.1, 0.15) is 96.3 Å². The van der Waals surface area contributed by atoms with E-state index < -0.39 is 5.97 Å². The van der Waals surface area contributed by atoms with Crippen LogP contribution in [0.3, 0.4) is 0 Å². The monoisotopic (exact) mass is 448 g/mol. The van der Waals surface area contributed by atoms with Crippen LogP contribution >= 0.6 is 0 Å². The topological polar surface area (TPSA) is 46.5 Å². The van der Waals surface area contributed by atoms with Gasteiger partial charge in [-0.2, -0.15) is 0 Å². The third-order valence-corrected chi connectivity index (χ3v) is 7.07. The predicted molar refractivity (Wildman–Crippen MR) is 138 cm³/mol. The molecule has 0 atom stereocenters. The van der Waals surface area contributed by atoms with Crippen LogP contribution in [-0.4, -0.2) is 17.7 Å². The van der Waals surface area contributed by atoms with Crippen molar-refractivity contribution in [3.8, 4) is 16.9 Å². The Morgan fingerprint density at radius 3 is 2.30 bits per heavy atom.